The van der Waals surface area contributed by atoms with E-state index in [9.17, 15) is 4.79 Å². The number of rotatable bonds is 4. The van der Waals surface area contributed by atoms with E-state index in [4.69, 9.17) is 5.73 Å². The summed E-state index contributed by atoms with van der Waals surface area (Å²) in [5, 5.41) is 13.3. The van der Waals surface area contributed by atoms with E-state index < -0.39 is 0 Å². The minimum Gasteiger partial charge on any atom is -0.367 e. The number of aromatic amines is 1. The molecule has 0 spiro atoms. The first-order valence-corrected chi connectivity index (χ1v) is 6.01. The molecule has 2 heterocycles. The number of hydrogen-bond acceptors (Lipinski definition) is 5. The van der Waals surface area contributed by atoms with E-state index in [1.54, 1.807) is 23.9 Å². The second-order valence-electron chi connectivity index (χ2n) is 4.55. The summed E-state index contributed by atoms with van der Waals surface area (Å²) in [7, 11) is 0. The molecule has 102 valence electrons. The molecule has 19 heavy (non-hydrogen) atoms. The van der Waals surface area contributed by atoms with Crippen LogP contribution in [0.5, 0.6) is 0 Å². The molecule has 1 amide bonds. The number of hydrogen-bond donors (Lipinski definition) is 3. The third-order valence-corrected chi connectivity index (χ3v) is 2.65. The van der Waals surface area contributed by atoms with Gasteiger partial charge in [0, 0.05) is 12.2 Å². The molecule has 1 unspecified atom stereocenters. The quantitative estimate of drug-likeness (QED) is 0.749. The molecule has 1 atom stereocenters. The Morgan fingerprint density at radius 3 is 2.74 bits per heavy atom. The molecule has 0 aromatic carbocycles. The SMILES string of the molecule is CC(NC(=O)c1ccn(C(C)C)n1)c1nc(N)n[nH]1. The summed E-state index contributed by atoms with van der Waals surface area (Å²) in [4.78, 5) is 16.0. The van der Waals surface area contributed by atoms with Crippen LogP contribution in [0.3, 0.4) is 0 Å². The summed E-state index contributed by atoms with van der Waals surface area (Å²) in [5.41, 5.74) is 5.78. The Balaban J connectivity index is 2.04. The Kier molecular flexibility index (Phi) is 3.50. The van der Waals surface area contributed by atoms with Gasteiger partial charge < -0.3 is 11.1 Å². The van der Waals surface area contributed by atoms with Crippen molar-refractivity contribution in [2.24, 2.45) is 0 Å². The highest BCUT2D eigenvalue weighted by atomic mass is 16.2. The van der Waals surface area contributed by atoms with Gasteiger partial charge in [-0.15, -0.1) is 5.10 Å². The zero-order valence-electron chi connectivity index (χ0n) is 11.1. The van der Waals surface area contributed by atoms with Gasteiger partial charge in [-0.1, -0.05) is 0 Å². The van der Waals surface area contributed by atoms with Gasteiger partial charge in [0.25, 0.3) is 5.91 Å². The first-order valence-electron chi connectivity index (χ1n) is 6.01. The van der Waals surface area contributed by atoms with Crippen molar-refractivity contribution in [3.63, 3.8) is 0 Å². The fourth-order valence-corrected chi connectivity index (χ4v) is 1.57. The molecular formula is C11H17N7O. The first kappa shape index (κ1) is 13.1. The van der Waals surface area contributed by atoms with E-state index >= 15 is 0 Å². The highest BCUT2D eigenvalue weighted by Gasteiger charge is 2.16. The van der Waals surface area contributed by atoms with Crippen molar-refractivity contribution in [2.75, 3.05) is 5.73 Å². The Labute approximate surface area is 110 Å². The van der Waals surface area contributed by atoms with Crippen molar-refractivity contribution in [1.82, 2.24) is 30.3 Å². The van der Waals surface area contributed by atoms with E-state index in [0.29, 0.717) is 11.5 Å². The maximum atomic E-state index is 12.0. The lowest BCUT2D eigenvalue weighted by Gasteiger charge is -2.09. The molecule has 2 aromatic rings. The lowest BCUT2D eigenvalue weighted by atomic mass is 10.3. The average molecular weight is 263 g/mol. The molecule has 0 saturated carbocycles. The molecule has 0 aliphatic rings. The van der Waals surface area contributed by atoms with Crippen LogP contribution in [0.25, 0.3) is 0 Å². The minimum atomic E-state index is -0.318. The number of carbonyl (C=O) groups excluding carboxylic acids is 1. The summed E-state index contributed by atoms with van der Waals surface area (Å²) in [6.45, 7) is 5.78. The first-order chi connectivity index (χ1) is 8.97. The molecular weight excluding hydrogens is 246 g/mol. The third-order valence-electron chi connectivity index (χ3n) is 2.65. The van der Waals surface area contributed by atoms with E-state index in [0.717, 1.165) is 0 Å². The predicted molar refractivity (Wildman–Crippen MR) is 69.3 cm³/mol. The van der Waals surface area contributed by atoms with E-state index in [-0.39, 0.29) is 23.9 Å². The fraction of sp³-hybridized carbons (Fsp3) is 0.455. The van der Waals surface area contributed by atoms with E-state index in [2.05, 4.69) is 25.6 Å². The Morgan fingerprint density at radius 1 is 1.47 bits per heavy atom. The van der Waals surface area contributed by atoms with E-state index in [1.165, 1.54) is 0 Å². The number of aromatic nitrogens is 5. The Hall–Kier alpha value is -2.38. The number of nitrogens with one attached hydrogen (secondary N) is 2. The van der Waals surface area contributed by atoms with Crippen molar-refractivity contribution in [2.45, 2.75) is 32.9 Å². The van der Waals surface area contributed by atoms with Gasteiger partial charge >= 0.3 is 0 Å². The van der Waals surface area contributed by atoms with Crippen LogP contribution in [0.4, 0.5) is 5.95 Å². The van der Waals surface area contributed by atoms with Crippen molar-refractivity contribution in [1.29, 1.82) is 0 Å². The van der Waals surface area contributed by atoms with Gasteiger partial charge in [-0.25, -0.2) is 0 Å². The molecule has 8 nitrogen and oxygen atoms in total. The van der Waals surface area contributed by atoms with Gasteiger partial charge in [0.05, 0.1) is 6.04 Å². The van der Waals surface area contributed by atoms with Gasteiger partial charge in [-0.05, 0) is 26.8 Å². The van der Waals surface area contributed by atoms with Crippen LogP contribution in [-0.2, 0) is 0 Å². The van der Waals surface area contributed by atoms with Crippen LogP contribution in [0, 0.1) is 0 Å². The van der Waals surface area contributed by atoms with Crippen LogP contribution in [0.15, 0.2) is 12.3 Å². The van der Waals surface area contributed by atoms with Crippen molar-refractivity contribution >= 4 is 11.9 Å². The molecule has 0 fully saturated rings. The van der Waals surface area contributed by atoms with Crippen LogP contribution in [0.2, 0.25) is 0 Å². The van der Waals surface area contributed by atoms with Crippen molar-refractivity contribution < 1.29 is 4.79 Å². The summed E-state index contributed by atoms with van der Waals surface area (Å²) >= 11 is 0. The highest BCUT2D eigenvalue weighted by molar-refractivity contribution is 5.92. The summed E-state index contributed by atoms with van der Waals surface area (Å²) < 4.78 is 1.73. The molecule has 2 rings (SSSR count). The summed E-state index contributed by atoms with van der Waals surface area (Å²) in [6, 6.07) is 1.58. The average Bonchev–Trinajstić information content (AvgIpc) is 2.96. The Bertz CT molecular complexity index is 571. The molecule has 8 heteroatoms. The van der Waals surface area contributed by atoms with Crippen molar-refractivity contribution in [3.05, 3.63) is 23.8 Å². The Morgan fingerprint density at radius 2 is 2.21 bits per heavy atom. The van der Waals surface area contributed by atoms with Gasteiger partial charge in [0.1, 0.15) is 11.5 Å². The van der Waals surface area contributed by atoms with Crippen LogP contribution < -0.4 is 11.1 Å². The highest BCUT2D eigenvalue weighted by Crippen LogP contribution is 2.09. The lowest BCUT2D eigenvalue weighted by molar-refractivity contribution is 0.0932. The number of anilines is 1. The van der Waals surface area contributed by atoms with Crippen molar-refractivity contribution in [3.8, 4) is 0 Å². The minimum absolute atomic E-state index is 0.153. The number of H-pyrrole nitrogens is 1. The molecule has 0 radical (unpaired) electrons. The van der Waals surface area contributed by atoms with Crippen LogP contribution in [0.1, 0.15) is 49.2 Å². The van der Waals surface area contributed by atoms with Crippen LogP contribution in [-0.4, -0.2) is 30.9 Å². The lowest BCUT2D eigenvalue weighted by Crippen LogP contribution is -2.28. The number of nitrogens with two attached hydrogens (primary N) is 1. The second kappa shape index (κ2) is 5.09. The zero-order valence-corrected chi connectivity index (χ0v) is 11.1. The van der Waals surface area contributed by atoms with Gasteiger partial charge in [0.15, 0.2) is 0 Å². The number of nitrogens with zero attached hydrogens (tertiary/aromatic N) is 4. The molecule has 4 N–H and O–H groups in total. The van der Waals surface area contributed by atoms with E-state index in [1.807, 2.05) is 13.8 Å². The molecule has 0 bridgehead atoms. The normalized spacial score (nSPS) is 12.6. The maximum absolute atomic E-state index is 12.0. The zero-order chi connectivity index (χ0) is 14.0. The van der Waals surface area contributed by atoms with Gasteiger partial charge in [-0.3, -0.25) is 14.6 Å². The number of nitrogen functional groups attached to an aromatic ring is 1. The van der Waals surface area contributed by atoms with Gasteiger partial charge in [0.2, 0.25) is 5.95 Å². The maximum Gasteiger partial charge on any atom is 0.272 e. The molecule has 2 aromatic heterocycles. The number of carbonyl (C=O) groups is 1. The van der Waals surface area contributed by atoms with Gasteiger partial charge in [-0.2, -0.15) is 10.1 Å². The monoisotopic (exact) mass is 263 g/mol. The fourth-order valence-electron chi connectivity index (χ4n) is 1.57. The molecule has 0 saturated heterocycles. The smallest absolute Gasteiger partial charge is 0.272 e. The molecule has 0 aliphatic carbocycles. The predicted octanol–water partition coefficient (Wildman–Crippen LogP) is 0.655. The number of amides is 1. The summed E-state index contributed by atoms with van der Waals surface area (Å²) in [6.07, 6.45) is 1.77. The second-order valence-corrected chi connectivity index (χ2v) is 4.55. The largest absolute Gasteiger partial charge is 0.367 e. The molecule has 0 aliphatic heterocycles. The van der Waals surface area contributed by atoms with Crippen LogP contribution >= 0.6 is 0 Å². The third kappa shape index (κ3) is 2.90. The standard InChI is InChI=1S/C11H17N7O/c1-6(2)18-5-4-8(17-18)10(19)13-7(3)9-14-11(12)16-15-9/h4-7H,1-3H3,(H,13,19)(H3,12,14,15,16). The summed E-state index contributed by atoms with van der Waals surface area (Å²) in [5.74, 6) is 0.399. The topological polar surface area (TPSA) is 115 Å².